The standard InChI is InChI=1S/C25H27ClN2O3S/c1-18(21-8-5-4-6-9-21)16-27-25(29)22-14-12-20(13-15-22)17-28(32(3,30)31)24-11-7-10-23(26)19(24)2/h4-15,18H,16-17H2,1-3H3,(H,27,29)/t18-/m1/s1. The molecule has 0 heterocycles. The third-order valence-electron chi connectivity index (χ3n) is 5.39. The highest BCUT2D eigenvalue weighted by atomic mass is 35.5. The monoisotopic (exact) mass is 470 g/mol. The lowest BCUT2D eigenvalue weighted by Crippen LogP contribution is -2.30. The first-order chi connectivity index (χ1) is 15.2. The lowest BCUT2D eigenvalue weighted by atomic mass is 10.0. The Hall–Kier alpha value is -2.83. The summed E-state index contributed by atoms with van der Waals surface area (Å²) in [4.78, 5) is 12.5. The maximum atomic E-state index is 12.5. The fraction of sp³-hybridized carbons (Fsp3) is 0.240. The van der Waals surface area contributed by atoms with Crippen LogP contribution < -0.4 is 9.62 Å². The van der Waals surface area contributed by atoms with Crippen LogP contribution >= 0.6 is 11.6 Å². The summed E-state index contributed by atoms with van der Waals surface area (Å²) in [5.41, 5.74) is 3.70. The van der Waals surface area contributed by atoms with Gasteiger partial charge in [-0.05, 0) is 53.8 Å². The Morgan fingerprint density at radius 3 is 2.28 bits per heavy atom. The van der Waals surface area contributed by atoms with Crippen molar-refractivity contribution in [2.24, 2.45) is 0 Å². The molecular weight excluding hydrogens is 444 g/mol. The summed E-state index contributed by atoms with van der Waals surface area (Å²) in [7, 11) is -3.53. The zero-order chi connectivity index (χ0) is 23.3. The molecule has 0 fully saturated rings. The number of amides is 1. The Morgan fingerprint density at radius 2 is 1.66 bits per heavy atom. The Morgan fingerprint density at radius 1 is 1.00 bits per heavy atom. The van der Waals surface area contributed by atoms with Gasteiger partial charge in [-0.25, -0.2) is 8.42 Å². The summed E-state index contributed by atoms with van der Waals surface area (Å²) in [6, 6.07) is 22.2. The lowest BCUT2D eigenvalue weighted by Gasteiger charge is -2.24. The van der Waals surface area contributed by atoms with E-state index >= 15 is 0 Å². The molecule has 3 rings (SSSR count). The summed E-state index contributed by atoms with van der Waals surface area (Å²) in [6.45, 7) is 4.53. The minimum atomic E-state index is -3.53. The number of hydrogen-bond acceptors (Lipinski definition) is 3. The molecule has 3 aromatic rings. The van der Waals surface area contributed by atoms with Crippen molar-refractivity contribution in [2.75, 3.05) is 17.1 Å². The Kier molecular flexibility index (Phi) is 7.59. The van der Waals surface area contributed by atoms with E-state index in [4.69, 9.17) is 11.6 Å². The molecule has 0 unspecified atom stereocenters. The fourth-order valence-corrected chi connectivity index (χ4v) is 4.53. The largest absolute Gasteiger partial charge is 0.351 e. The molecule has 0 aliphatic heterocycles. The van der Waals surface area contributed by atoms with Gasteiger partial charge in [0.25, 0.3) is 5.91 Å². The van der Waals surface area contributed by atoms with E-state index in [0.717, 1.165) is 5.56 Å². The van der Waals surface area contributed by atoms with Gasteiger partial charge in [0.1, 0.15) is 0 Å². The predicted molar refractivity (Wildman–Crippen MR) is 131 cm³/mol. The van der Waals surface area contributed by atoms with Gasteiger partial charge in [-0.2, -0.15) is 0 Å². The topological polar surface area (TPSA) is 66.5 Å². The predicted octanol–water partition coefficient (Wildman–Crippen LogP) is 5.15. The summed E-state index contributed by atoms with van der Waals surface area (Å²) in [6.07, 6.45) is 1.17. The van der Waals surface area contributed by atoms with Crippen LogP contribution in [0.2, 0.25) is 5.02 Å². The third-order valence-corrected chi connectivity index (χ3v) is 6.92. The number of benzene rings is 3. The number of halogens is 1. The van der Waals surface area contributed by atoms with Crippen LogP contribution in [0.15, 0.2) is 72.8 Å². The van der Waals surface area contributed by atoms with E-state index in [1.165, 1.54) is 16.1 Å². The maximum absolute atomic E-state index is 12.5. The Balaban J connectivity index is 1.70. The van der Waals surface area contributed by atoms with Crippen LogP contribution in [0.4, 0.5) is 5.69 Å². The molecule has 0 aromatic heterocycles. The van der Waals surface area contributed by atoms with E-state index in [-0.39, 0.29) is 18.4 Å². The molecule has 1 amide bonds. The van der Waals surface area contributed by atoms with Crippen molar-refractivity contribution >= 4 is 33.2 Å². The van der Waals surface area contributed by atoms with Crippen molar-refractivity contribution in [3.05, 3.63) is 100 Å². The van der Waals surface area contributed by atoms with Crippen molar-refractivity contribution in [3.63, 3.8) is 0 Å². The quantitative estimate of drug-likeness (QED) is 0.495. The van der Waals surface area contributed by atoms with E-state index in [9.17, 15) is 13.2 Å². The highest BCUT2D eigenvalue weighted by Gasteiger charge is 2.21. The van der Waals surface area contributed by atoms with Crippen LogP contribution in [0.3, 0.4) is 0 Å². The van der Waals surface area contributed by atoms with Crippen molar-refractivity contribution in [1.82, 2.24) is 5.32 Å². The van der Waals surface area contributed by atoms with Gasteiger partial charge in [0.2, 0.25) is 10.0 Å². The molecule has 1 N–H and O–H groups in total. The molecule has 7 heteroatoms. The zero-order valence-electron chi connectivity index (χ0n) is 18.4. The average molecular weight is 471 g/mol. The van der Waals surface area contributed by atoms with E-state index in [2.05, 4.69) is 12.2 Å². The molecule has 0 radical (unpaired) electrons. The van der Waals surface area contributed by atoms with E-state index in [1.807, 2.05) is 30.3 Å². The number of sulfonamides is 1. The maximum Gasteiger partial charge on any atom is 0.251 e. The molecule has 0 saturated carbocycles. The van der Waals surface area contributed by atoms with Crippen LogP contribution in [-0.4, -0.2) is 27.1 Å². The van der Waals surface area contributed by atoms with E-state index in [0.29, 0.717) is 28.4 Å². The fourth-order valence-electron chi connectivity index (χ4n) is 3.42. The number of hydrogen-bond donors (Lipinski definition) is 1. The highest BCUT2D eigenvalue weighted by molar-refractivity contribution is 7.92. The van der Waals surface area contributed by atoms with Crippen molar-refractivity contribution in [3.8, 4) is 0 Å². The average Bonchev–Trinajstić information content (AvgIpc) is 2.78. The van der Waals surface area contributed by atoms with Crippen molar-refractivity contribution in [2.45, 2.75) is 26.3 Å². The van der Waals surface area contributed by atoms with E-state index < -0.39 is 10.0 Å². The van der Waals surface area contributed by atoms with Gasteiger partial charge in [-0.3, -0.25) is 9.10 Å². The molecule has 32 heavy (non-hydrogen) atoms. The van der Waals surface area contributed by atoms with Crippen LogP contribution in [0.25, 0.3) is 0 Å². The van der Waals surface area contributed by atoms with Gasteiger partial charge in [0, 0.05) is 17.1 Å². The lowest BCUT2D eigenvalue weighted by molar-refractivity contribution is 0.0951. The van der Waals surface area contributed by atoms with Crippen LogP contribution in [0, 0.1) is 6.92 Å². The second kappa shape index (κ2) is 10.2. The van der Waals surface area contributed by atoms with Crippen LogP contribution in [0.1, 0.15) is 39.9 Å². The second-order valence-electron chi connectivity index (χ2n) is 7.87. The summed E-state index contributed by atoms with van der Waals surface area (Å²) < 4.78 is 26.2. The van der Waals surface area contributed by atoms with Crippen LogP contribution in [-0.2, 0) is 16.6 Å². The van der Waals surface area contributed by atoms with Crippen molar-refractivity contribution < 1.29 is 13.2 Å². The zero-order valence-corrected chi connectivity index (χ0v) is 20.0. The number of rotatable bonds is 8. The molecule has 3 aromatic carbocycles. The first-order valence-corrected chi connectivity index (χ1v) is 12.5. The van der Waals surface area contributed by atoms with Gasteiger partial charge in [-0.15, -0.1) is 0 Å². The highest BCUT2D eigenvalue weighted by Crippen LogP contribution is 2.29. The molecular formula is C25H27ClN2O3S. The molecule has 5 nitrogen and oxygen atoms in total. The van der Waals surface area contributed by atoms with Gasteiger partial charge in [0.05, 0.1) is 18.5 Å². The summed E-state index contributed by atoms with van der Waals surface area (Å²) in [5, 5.41) is 3.47. The minimum absolute atomic E-state index is 0.146. The van der Waals surface area contributed by atoms with Crippen molar-refractivity contribution in [1.29, 1.82) is 0 Å². The third kappa shape index (κ3) is 5.90. The Labute approximate surface area is 195 Å². The molecule has 0 bridgehead atoms. The van der Waals surface area contributed by atoms with Gasteiger partial charge in [0.15, 0.2) is 0 Å². The second-order valence-corrected chi connectivity index (χ2v) is 10.2. The first kappa shape index (κ1) is 23.8. The summed E-state index contributed by atoms with van der Waals surface area (Å²) in [5.74, 6) is 0.0358. The van der Waals surface area contributed by atoms with Gasteiger partial charge < -0.3 is 5.32 Å². The van der Waals surface area contributed by atoms with Gasteiger partial charge >= 0.3 is 0 Å². The first-order valence-electron chi connectivity index (χ1n) is 10.3. The molecule has 1 atom stereocenters. The smallest absolute Gasteiger partial charge is 0.251 e. The SMILES string of the molecule is Cc1c(Cl)cccc1N(Cc1ccc(C(=O)NC[C@@H](C)c2ccccc2)cc1)S(C)(=O)=O. The number of nitrogens with one attached hydrogen (secondary N) is 1. The van der Waals surface area contributed by atoms with E-state index in [1.54, 1.807) is 49.4 Å². The Bertz CT molecular complexity index is 1180. The molecule has 0 aliphatic carbocycles. The number of anilines is 1. The minimum Gasteiger partial charge on any atom is -0.351 e. The molecule has 0 aliphatic rings. The molecule has 168 valence electrons. The normalized spacial score (nSPS) is 12.2. The molecule has 0 spiro atoms. The number of carbonyl (C=O) groups excluding carboxylic acids is 1. The van der Waals surface area contributed by atoms with Gasteiger partial charge in [-0.1, -0.05) is 67.1 Å². The summed E-state index contributed by atoms with van der Waals surface area (Å²) >= 11 is 6.19. The molecule has 0 saturated heterocycles. The van der Waals surface area contributed by atoms with Crippen LogP contribution in [0.5, 0.6) is 0 Å². The number of nitrogens with zero attached hydrogens (tertiary/aromatic N) is 1. The number of carbonyl (C=O) groups is 1.